The Morgan fingerprint density at radius 1 is 0.941 bits per heavy atom. The molecule has 2 aliphatic heterocycles. The van der Waals surface area contributed by atoms with Gasteiger partial charge in [0.15, 0.2) is 0 Å². The number of piperazine rings is 1. The van der Waals surface area contributed by atoms with E-state index in [2.05, 4.69) is 21.3 Å². The number of aryl methyl sites for hydroxylation is 1. The number of aromatic hydroxyl groups is 1. The first-order chi connectivity index (χ1) is 16.5. The van der Waals surface area contributed by atoms with Gasteiger partial charge in [0.25, 0.3) is 0 Å². The highest BCUT2D eigenvalue weighted by Gasteiger charge is 2.27. The SMILES string of the molecule is CCn1c(CN2CCN(c3ccccc3O)CC2)nc2cc(S(=O)(=O)N3CCCCC3)ccc21. The van der Waals surface area contributed by atoms with Crippen LogP contribution in [0.5, 0.6) is 5.75 Å². The summed E-state index contributed by atoms with van der Waals surface area (Å²) in [6, 6.07) is 12.8. The van der Waals surface area contributed by atoms with Crippen molar-refractivity contribution in [3.63, 3.8) is 0 Å². The summed E-state index contributed by atoms with van der Waals surface area (Å²) in [5.41, 5.74) is 2.59. The van der Waals surface area contributed by atoms with E-state index in [9.17, 15) is 13.5 Å². The average molecular weight is 484 g/mol. The van der Waals surface area contributed by atoms with Crippen molar-refractivity contribution in [2.75, 3.05) is 44.2 Å². The summed E-state index contributed by atoms with van der Waals surface area (Å²) in [7, 11) is -3.48. The molecule has 2 aliphatic rings. The summed E-state index contributed by atoms with van der Waals surface area (Å²) in [4.78, 5) is 9.80. The number of benzene rings is 2. The van der Waals surface area contributed by atoms with Crippen LogP contribution in [-0.2, 0) is 23.1 Å². The molecular weight excluding hydrogens is 450 g/mol. The highest BCUT2D eigenvalue weighted by atomic mass is 32.2. The predicted molar refractivity (Wildman–Crippen MR) is 134 cm³/mol. The Bertz CT molecular complexity index is 1260. The summed E-state index contributed by atoms with van der Waals surface area (Å²) in [5, 5.41) is 10.2. The molecule has 2 saturated heterocycles. The lowest BCUT2D eigenvalue weighted by Crippen LogP contribution is -2.46. The number of phenols is 1. The van der Waals surface area contributed by atoms with Crippen molar-refractivity contribution in [1.29, 1.82) is 0 Å². The van der Waals surface area contributed by atoms with Gasteiger partial charge in [0.05, 0.1) is 28.2 Å². The fraction of sp³-hybridized carbons (Fsp3) is 0.480. The zero-order valence-electron chi connectivity index (χ0n) is 19.7. The van der Waals surface area contributed by atoms with Crippen LogP contribution in [0.25, 0.3) is 11.0 Å². The van der Waals surface area contributed by atoms with Crippen LogP contribution >= 0.6 is 0 Å². The Labute approximate surface area is 201 Å². The topological polar surface area (TPSA) is 81.9 Å². The van der Waals surface area contributed by atoms with Gasteiger partial charge >= 0.3 is 0 Å². The number of fused-ring (bicyclic) bond motifs is 1. The van der Waals surface area contributed by atoms with Crippen molar-refractivity contribution in [2.24, 2.45) is 0 Å². The molecule has 2 aromatic carbocycles. The van der Waals surface area contributed by atoms with Crippen molar-refractivity contribution in [3.8, 4) is 5.75 Å². The van der Waals surface area contributed by atoms with E-state index in [-0.39, 0.29) is 0 Å². The molecule has 0 spiro atoms. The van der Waals surface area contributed by atoms with Gasteiger partial charge in [-0.1, -0.05) is 18.6 Å². The molecule has 0 saturated carbocycles. The second kappa shape index (κ2) is 9.56. The smallest absolute Gasteiger partial charge is 0.243 e. The largest absolute Gasteiger partial charge is 0.506 e. The molecule has 5 rings (SSSR count). The van der Waals surface area contributed by atoms with Crippen LogP contribution in [0.3, 0.4) is 0 Å². The molecule has 0 bridgehead atoms. The second-order valence-electron chi connectivity index (χ2n) is 9.14. The number of piperidine rings is 1. The Balaban J connectivity index is 1.33. The van der Waals surface area contributed by atoms with Gasteiger partial charge in [0.2, 0.25) is 10.0 Å². The standard InChI is InChI=1S/C25H33N5O3S/c1-2-30-22-11-10-20(34(32,33)29-12-6-3-7-13-29)18-21(22)26-25(30)19-27-14-16-28(17-15-27)23-8-4-5-9-24(23)31/h4-5,8-11,18,31H,2-3,6-7,12-17,19H2,1H3. The molecule has 9 heteroatoms. The minimum atomic E-state index is -3.48. The molecule has 1 N–H and O–H groups in total. The number of anilines is 1. The number of para-hydroxylation sites is 2. The molecule has 0 atom stereocenters. The van der Waals surface area contributed by atoms with Gasteiger partial charge in [0, 0.05) is 45.8 Å². The fourth-order valence-electron chi connectivity index (χ4n) is 5.13. The van der Waals surface area contributed by atoms with Crippen LogP contribution < -0.4 is 4.90 Å². The van der Waals surface area contributed by atoms with Crippen molar-refractivity contribution < 1.29 is 13.5 Å². The Hall–Kier alpha value is -2.62. The van der Waals surface area contributed by atoms with Crippen molar-refractivity contribution in [1.82, 2.24) is 18.8 Å². The Kier molecular flexibility index (Phi) is 6.50. The monoisotopic (exact) mass is 483 g/mol. The lowest BCUT2D eigenvalue weighted by atomic mass is 10.2. The van der Waals surface area contributed by atoms with Gasteiger partial charge in [-0.2, -0.15) is 4.31 Å². The maximum Gasteiger partial charge on any atom is 0.243 e. The van der Waals surface area contributed by atoms with E-state index in [0.717, 1.165) is 74.5 Å². The molecular formula is C25H33N5O3S. The zero-order chi connectivity index (χ0) is 23.7. The minimum Gasteiger partial charge on any atom is -0.506 e. The summed E-state index contributed by atoms with van der Waals surface area (Å²) in [5.74, 6) is 1.28. The summed E-state index contributed by atoms with van der Waals surface area (Å²) in [6.45, 7) is 8.20. The van der Waals surface area contributed by atoms with E-state index in [1.165, 1.54) is 0 Å². The molecule has 0 amide bonds. The molecule has 0 radical (unpaired) electrons. The number of hydrogen-bond donors (Lipinski definition) is 1. The molecule has 182 valence electrons. The molecule has 0 unspecified atom stereocenters. The van der Waals surface area contributed by atoms with Gasteiger partial charge in [0.1, 0.15) is 11.6 Å². The first-order valence-electron chi connectivity index (χ1n) is 12.2. The van der Waals surface area contributed by atoms with E-state index in [4.69, 9.17) is 4.98 Å². The van der Waals surface area contributed by atoms with E-state index in [1.54, 1.807) is 22.5 Å². The normalized spacial score (nSPS) is 18.6. The summed E-state index contributed by atoms with van der Waals surface area (Å²) >= 11 is 0. The van der Waals surface area contributed by atoms with Gasteiger partial charge in [-0.05, 0) is 50.1 Å². The number of phenolic OH excluding ortho intramolecular Hbond substituents is 1. The molecule has 0 aliphatic carbocycles. The van der Waals surface area contributed by atoms with Crippen molar-refractivity contribution in [3.05, 3.63) is 48.3 Å². The van der Waals surface area contributed by atoms with E-state index in [0.29, 0.717) is 30.3 Å². The van der Waals surface area contributed by atoms with Crippen LogP contribution in [0.2, 0.25) is 0 Å². The third-order valence-corrected chi connectivity index (χ3v) is 8.92. The van der Waals surface area contributed by atoms with E-state index in [1.807, 2.05) is 24.3 Å². The highest BCUT2D eigenvalue weighted by molar-refractivity contribution is 7.89. The maximum absolute atomic E-state index is 13.1. The molecule has 8 nitrogen and oxygen atoms in total. The predicted octanol–water partition coefficient (Wildman–Crippen LogP) is 3.26. The maximum atomic E-state index is 13.1. The fourth-order valence-corrected chi connectivity index (χ4v) is 6.66. The highest BCUT2D eigenvalue weighted by Crippen LogP contribution is 2.28. The van der Waals surface area contributed by atoms with Gasteiger partial charge in [-0.3, -0.25) is 4.90 Å². The first kappa shape index (κ1) is 23.1. The van der Waals surface area contributed by atoms with Gasteiger partial charge in [-0.25, -0.2) is 13.4 Å². The van der Waals surface area contributed by atoms with Crippen molar-refractivity contribution >= 4 is 26.7 Å². The minimum absolute atomic E-state index is 0.319. The quantitative estimate of drug-likeness (QED) is 0.580. The Morgan fingerprint density at radius 3 is 2.38 bits per heavy atom. The van der Waals surface area contributed by atoms with Crippen LogP contribution in [0.4, 0.5) is 5.69 Å². The van der Waals surface area contributed by atoms with E-state index < -0.39 is 10.0 Å². The number of hydrogen-bond acceptors (Lipinski definition) is 6. The summed E-state index contributed by atoms with van der Waals surface area (Å²) in [6.07, 6.45) is 2.94. The number of imidazole rings is 1. The molecule has 1 aromatic heterocycles. The number of rotatable bonds is 6. The Morgan fingerprint density at radius 2 is 1.68 bits per heavy atom. The van der Waals surface area contributed by atoms with Gasteiger partial charge in [-0.15, -0.1) is 0 Å². The second-order valence-corrected chi connectivity index (χ2v) is 11.1. The van der Waals surface area contributed by atoms with Crippen LogP contribution in [0, 0.1) is 0 Å². The lowest BCUT2D eigenvalue weighted by Gasteiger charge is -2.36. The van der Waals surface area contributed by atoms with Crippen LogP contribution in [0.1, 0.15) is 32.0 Å². The molecule has 3 heterocycles. The van der Waals surface area contributed by atoms with Crippen molar-refractivity contribution in [2.45, 2.75) is 44.2 Å². The zero-order valence-corrected chi connectivity index (χ0v) is 20.5. The molecule has 34 heavy (non-hydrogen) atoms. The van der Waals surface area contributed by atoms with Crippen LogP contribution in [-0.4, -0.2) is 71.5 Å². The summed E-state index contributed by atoms with van der Waals surface area (Å²) < 4.78 is 30.1. The average Bonchev–Trinajstić information content (AvgIpc) is 3.21. The number of aromatic nitrogens is 2. The third kappa shape index (κ3) is 4.39. The van der Waals surface area contributed by atoms with E-state index >= 15 is 0 Å². The number of nitrogens with zero attached hydrogens (tertiary/aromatic N) is 5. The van der Waals surface area contributed by atoms with Crippen LogP contribution in [0.15, 0.2) is 47.4 Å². The third-order valence-electron chi connectivity index (χ3n) is 7.03. The molecule has 3 aromatic rings. The molecule has 2 fully saturated rings. The lowest BCUT2D eigenvalue weighted by molar-refractivity contribution is 0.241. The van der Waals surface area contributed by atoms with Gasteiger partial charge < -0.3 is 14.6 Å². The number of sulfonamides is 1. The first-order valence-corrected chi connectivity index (χ1v) is 13.7.